The molecular formula is C48H86O6. The highest BCUT2D eigenvalue weighted by molar-refractivity contribution is 5.71. The molecule has 0 aromatic rings. The molecule has 0 heterocycles. The van der Waals surface area contributed by atoms with Crippen LogP contribution in [-0.4, -0.2) is 37.2 Å². The summed E-state index contributed by atoms with van der Waals surface area (Å²) in [6.45, 7) is 6.49. The van der Waals surface area contributed by atoms with Crippen LogP contribution in [0.4, 0.5) is 0 Å². The maximum absolute atomic E-state index is 12.7. The van der Waals surface area contributed by atoms with E-state index in [1.807, 2.05) is 0 Å². The van der Waals surface area contributed by atoms with Gasteiger partial charge in [-0.1, -0.05) is 179 Å². The van der Waals surface area contributed by atoms with Gasteiger partial charge in [-0.2, -0.15) is 0 Å². The molecule has 0 amide bonds. The first-order valence-corrected chi connectivity index (χ1v) is 23.0. The molecule has 0 fully saturated rings. The molecule has 0 bridgehead atoms. The van der Waals surface area contributed by atoms with E-state index < -0.39 is 6.10 Å². The van der Waals surface area contributed by atoms with Crippen LogP contribution in [0, 0.1) is 0 Å². The van der Waals surface area contributed by atoms with E-state index in [0.717, 1.165) is 89.9 Å². The molecule has 0 aromatic heterocycles. The Kier molecular flexibility index (Phi) is 41.5. The third-order valence-corrected chi connectivity index (χ3v) is 9.87. The second kappa shape index (κ2) is 43.4. The van der Waals surface area contributed by atoms with Crippen molar-refractivity contribution in [3.63, 3.8) is 0 Å². The number of carbonyl (C=O) groups is 3. The van der Waals surface area contributed by atoms with E-state index in [1.54, 1.807) is 0 Å². The molecule has 0 radical (unpaired) electrons. The molecule has 6 heteroatoms. The predicted molar refractivity (Wildman–Crippen MR) is 229 cm³/mol. The molecule has 0 rings (SSSR count). The summed E-state index contributed by atoms with van der Waals surface area (Å²) in [5.41, 5.74) is 0. The SMILES string of the molecule is CCCC/C=C\C/C=C\CCCCCCCC(=O)OC(COC(=O)CCCCCCC)COC(=O)CCCCCCCCC/C=C\CCCCCCCC. The van der Waals surface area contributed by atoms with Crippen molar-refractivity contribution in [2.24, 2.45) is 0 Å². The number of hydrogen-bond donors (Lipinski definition) is 0. The summed E-state index contributed by atoms with van der Waals surface area (Å²) in [5.74, 6) is -0.910. The Morgan fingerprint density at radius 3 is 1.09 bits per heavy atom. The number of allylic oxidation sites excluding steroid dienone is 6. The zero-order valence-electron chi connectivity index (χ0n) is 35.7. The number of rotatable bonds is 41. The molecule has 0 aliphatic heterocycles. The third kappa shape index (κ3) is 40.8. The fourth-order valence-electron chi connectivity index (χ4n) is 6.33. The average molecular weight is 759 g/mol. The molecule has 1 unspecified atom stereocenters. The molecule has 54 heavy (non-hydrogen) atoms. The fraction of sp³-hybridized carbons (Fsp3) is 0.812. The van der Waals surface area contributed by atoms with Gasteiger partial charge < -0.3 is 14.2 Å². The smallest absolute Gasteiger partial charge is 0.306 e. The van der Waals surface area contributed by atoms with Gasteiger partial charge in [-0.3, -0.25) is 14.4 Å². The van der Waals surface area contributed by atoms with Crippen LogP contribution in [0.15, 0.2) is 36.5 Å². The number of hydrogen-bond acceptors (Lipinski definition) is 6. The van der Waals surface area contributed by atoms with E-state index in [1.165, 1.54) is 103 Å². The Morgan fingerprint density at radius 2 is 0.685 bits per heavy atom. The quantitative estimate of drug-likeness (QED) is 0.0267. The largest absolute Gasteiger partial charge is 0.462 e. The third-order valence-electron chi connectivity index (χ3n) is 9.87. The zero-order chi connectivity index (χ0) is 39.4. The van der Waals surface area contributed by atoms with Gasteiger partial charge in [0.2, 0.25) is 0 Å². The first kappa shape index (κ1) is 51.6. The van der Waals surface area contributed by atoms with E-state index in [9.17, 15) is 14.4 Å². The summed E-state index contributed by atoms with van der Waals surface area (Å²) in [6, 6.07) is 0. The van der Waals surface area contributed by atoms with Gasteiger partial charge in [-0.05, 0) is 70.6 Å². The van der Waals surface area contributed by atoms with Crippen LogP contribution >= 0.6 is 0 Å². The molecule has 0 spiro atoms. The van der Waals surface area contributed by atoms with Gasteiger partial charge in [0.15, 0.2) is 6.10 Å². The molecule has 0 saturated carbocycles. The molecule has 0 N–H and O–H groups in total. The lowest BCUT2D eigenvalue weighted by Crippen LogP contribution is -2.30. The molecule has 0 aromatic carbocycles. The van der Waals surface area contributed by atoms with Gasteiger partial charge in [-0.15, -0.1) is 0 Å². The van der Waals surface area contributed by atoms with Gasteiger partial charge in [0.1, 0.15) is 13.2 Å². The highest BCUT2D eigenvalue weighted by Crippen LogP contribution is 2.14. The maximum Gasteiger partial charge on any atom is 0.306 e. The molecule has 1 atom stereocenters. The Hall–Kier alpha value is -2.37. The summed E-state index contributed by atoms with van der Waals surface area (Å²) in [6.07, 6.45) is 48.7. The minimum absolute atomic E-state index is 0.0796. The van der Waals surface area contributed by atoms with Gasteiger partial charge in [0.05, 0.1) is 0 Å². The van der Waals surface area contributed by atoms with E-state index in [-0.39, 0.29) is 31.1 Å². The van der Waals surface area contributed by atoms with E-state index in [4.69, 9.17) is 14.2 Å². The minimum Gasteiger partial charge on any atom is -0.462 e. The van der Waals surface area contributed by atoms with Crippen LogP contribution in [0.2, 0.25) is 0 Å². The predicted octanol–water partition coefficient (Wildman–Crippen LogP) is 14.6. The number of ether oxygens (including phenoxy) is 3. The summed E-state index contributed by atoms with van der Waals surface area (Å²) in [5, 5.41) is 0. The van der Waals surface area contributed by atoms with E-state index >= 15 is 0 Å². The van der Waals surface area contributed by atoms with E-state index in [0.29, 0.717) is 19.3 Å². The van der Waals surface area contributed by atoms with Crippen molar-refractivity contribution in [2.45, 2.75) is 239 Å². The average Bonchev–Trinajstić information content (AvgIpc) is 3.17. The summed E-state index contributed by atoms with van der Waals surface area (Å²) < 4.78 is 16.6. The van der Waals surface area contributed by atoms with Crippen LogP contribution in [0.1, 0.15) is 233 Å². The lowest BCUT2D eigenvalue weighted by molar-refractivity contribution is -0.167. The standard InChI is InChI=1S/C48H86O6/c1-4-7-10-13-15-17-19-21-23-24-25-27-28-30-32-35-38-41-47(50)53-44-45(43-52-46(49)40-37-34-12-9-6-3)54-48(51)42-39-36-33-31-29-26-22-20-18-16-14-11-8-5-2/h14,16,20-23,45H,4-13,15,17-19,24-44H2,1-3H3/b16-14-,22-20-,23-21-. The molecule has 314 valence electrons. The molecule has 0 aliphatic rings. The Balaban J connectivity index is 4.23. The highest BCUT2D eigenvalue weighted by Gasteiger charge is 2.19. The first-order valence-electron chi connectivity index (χ1n) is 23.0. The lowest BCUT2D eigenvalue weighted by Gasteiger charge is -2.18. The van der Waals surface area contributed by atoms with Crippen molar-refractivity contribution in [3.05, 3.63) is 36.5 Å². The molecule has 0 aliphatic carbocycles. The van der Waals surface area contributed by atoms with Crippen molar-refractivity contribution < 1.29 is 28.6 Å². The Morgan fingerprint density at radius 1 is 0.370 bits per heavy atom. The Bertz CT molecular complexity index is 922. The van der Waals surface area contributed by atoms with Gasteiger partial charge in [-0.25, -0.2) is 0 Å². The number of unbranched alkanes of at least 4 members (excludes halogenated alkanes) is 24. The van der Waals surface area contributed by atoms with Crippen molar-refractivity contribution >= 4 is 17.9 Å². The molecule has 0 saturated heterocycles. The summed E-state index contributed by atoms with van der Waals surface area (Å²) in [4.78, 5) is 37.5. The van der Waals surface area contributed by atoms with Crippen LogP contribution in [0.25, 0.3) is 0 Å². The fourth-order valence-corrected chi connectivity index (χ4v) is 6.33. The van der Waals surface area contributed by atoms with Crippen molar-refractivity contribution in [1.29, 1.82) is 0 Å². The summed E-state index contributed by atoms with van der Waals surface area (Å²) >= 11 is 0. The Labute approximate surface area is 334 Å². The van der Waals surface area contributed by atoms with Crippen LogP contribution in [0.5, 0.6) is 0 Å². The molecule has 6 nitrogen and oxygen atoms in total. The van der Waals surface area contributed by atoms with Crippen molar-refractivity contribution in [2.75, 3.05) is 13.2 Å². The van der Waals surface area contributed by atoms with Crippen LogP contribution in [0.3, 0.4) is 0 Å². The van der Waals surface area contributed by atoms with Crippen LogP contribution in [-0.2, 0) is 28.6 Å². The first-order chi connectivity index (χ1) is 26.5. The highest BCUT2D eigenvalue weighted by atomic mass is 16.6. The normalized spacial score (nSPS) is 12.3. The summed E-state index contributed by atoms with van der Waals surface area (Å²) in [7, 11) is 0. The van der Waals surface area contributed by atoms with Crippen molar-refractivity contribution in [1.82, 2.24) is 0 Å². The molecular weight excluding hydrogens is 673 g/mol. The monoisotopic (exact) mass is 759 g/mol. The van der Waals surface area contributed by atoms with Crippen molar-refractivity contribution in [3.8, 4) is 0 Å². The lowest BCUT2D eigenvalue weighted by atomic mass is 10.1. The van der Waals surface area contributed by atoms with E-state index in [2.05, 4.69) is 57.2 Å². The van der Waals surface area contributed by atoms with Gasteiger partial charge >= 0.3 is 17.9 Å². The number of carbonyl (C=O) groups excluding carboxylic acids is 3. The maximum atomic E-state index is 12.7. The number of esters is 3. The zero-order valence-corrected chi connectivity index (χ0v) is 35.7. The van der Waals surface area contributed by atoms with Gasteiger partial charge in [0.25, 0.3) is 0 Å². The minimum atomic E-state index is -0.774. The topological polar surface area (TPSA) is 78.9 Å². The second-order valence-corrected chi connectivity index (χ2v) is 15.3. The van der Waals surface area contributed by atoms with Gasteiger partial charge in [0, 0.05) is 19.3 Å². The second-order valence-electron chi connectivity index (χ2n) is 15.3. The van der Waals surface area contributed by atoms with Crippen LogP contribution < -0.4 is 0 Å².